The molecule has 1 rings (SSSR count). The number of rotatable bonds is 4. The fourth-order valence-electron chi connectivity index (χ4n) is 0.927. The Bertz CT molecular complexity index is 248. The van der Waals surface area contributed by atoms with Crippen molar-refractivity contribution in [3.63, 3.8) is 0 Å². The highest BCUT2D eigenvalue weighted by molar-refractivity contribution is 7.07. The second-order valence-electron chi connectivity index (χ2n) is 2.67. The molecule has 0 aliphatic heterocycles. The van der Waals surface area contributed by atoms with Gasteiger partial charge in [-0.3, -0.25) is 4.90 Å². The first-order chi connectivity index (χ1) is 5.83. The summed E-state index contributed by atoms with van der Waals surface area (Å²) in [5, 5.41) is 2.06. The van der Waals surface area contributed by atoms with Crippen LogP contribution in [0.4, 0.5) is 0 Å². The van der Waals surface area contributed by atoms with Crippen LogP contribution in [0.5, 0.6) is 0 Å². The highest BCUT2D eigenvalue weighted by atomic mass is 32.1. The first kappa shape index (κ1) is 9.24. The van der Waals surface area contributed by atoms with Gasteiger partial charge in [0.25, 0.3) is 0 Å². The first-order valence-electron chi connectivity index (χ1n) is 3.82. The van der Waals surface area contributed by atoms with Crippen LogP contribution in [-0.2, 0) is 6.54 Å². The summed E-state index contributed by atoms with van der Waals surface area (Å²) in [4.78, 5) is 6.36. The topological polar surface area (TPSA) is 16.1 Å². The Morgan fingerprint density at radius 2 is 2.58 bits per heavy atom. The molecule has 0 spiro atoms. The predicted molar refractivity (Wildman–Crippen MR) is 51.9 cm³/mol. The third kappa shape index (κ3) is 3.04. The molecule has 0 atom stereocenters. The molecule has 0 N–H and O–H groups in total. The number of terminal acetylenes is 1. The minimum Gasteiger partial charge on any atom is -0.300 e. The van der Waals surface area contributed by atoms with Gasteiger partial charge in [0.05, 0.1) is 11.2 Å². The average Bonchev–Trinajstić information content (AvgIpc) is 2.53. The summed E-state index contributed by atoms with van der Waals surface area (Å²) in [5.74, 6) is 2.62. The van der Waals surface area contributed by atoms with Gasteiger partial charge in [-0.25, -0.2) is 4.98 Å². The summed E-state index contributed by atoms with van der Waals surface area (Å²) in [6, 6.07) is 0. The highest BCUT2D eigenvalue weighted by Crippen LogP contribution is 2.03. The van der Waals surface area contributed by atoms with Crippen LogP contribution in [0.3, 0.4) is 0 Å². The molecule has 12 heavy (non-hydrogen) atoms. The Kier molecular flexibility index (Phi) is 3.78. The van der Waals surface area contributed by atoms with E-state index < -0.39 is 0 Å². The Morgan fingerprint density at radius 3 is 3.17 bits per heavy atom. The third-order valence-electron chi connectivity index (χ3n) is 1.55. The molecule has 64 valence electrons. The van der Waals surface area contributed by atoms with E-state index in [1.54, 1.807) is 11.3 Å². The lowest BCUT2D eigenvalue weighted by atomic mass is 10.4. The number of thiazole rings is 1. The maximum Gasteiger partial charge on any atom is 0.0795 e. The molecule has 1 aromatic rings. The van der Waals surface area contributed by atoms with Crippen molar-refractivity contribution in [3.05, 3.63) is 16.6 Å². The summed E-state index contributed by atoms with van der Waals surface area (Å²) in [6.07, 6.45) is 5.97. The Labute approximate surface area is 77.2 Å². The number of hydrogen-bond acceptors (Lipinski definition) is 3. The van der Waals surface area contributed by atoms with Gasteiger partial charge < -0.3 is 0 Å². The molecule has 1 heterocycles. The third-order valence-corrected chi connectivity index (χ3v) is 2.19. The molecule has 1 aromatic heterocycles. The number of aromatic nitrogens is 1. The van der Waals surface area contributed by atoms with Crippen LogP contribution in [0.25, 0.3) is 0 Å². The Balaban J connectivity index is 2.28. The molecule has 2 nitrogen and oxygen atoms in total. The van der Waals surface area contributed by atoms with Crippen LogP contribution in [0.1, 0.15) is 12.1 Å². The van der Waals surface area contributed by atoms with E-state index in [4.69, 9.17) is 6.42 Å². The van der Waals surface area contributed by atoms with Crippen LogP contribution < -0.4 is 0 Å². The van der Waals surface area contributed by atoms with Crippen molar-refractivity contribution in [3.8, 4) is 12.3 Å². The monoisotopic (exact) mass is 180 g/mol. The maximum absolute atomic E-state index is 5.16. The lowest BCUT2D eigenvalue weighted by Gasteiger charge is -2.12. The first-order valence-corrected chi connectivity index (χ1v) is 4.76. The second kappa shape index (κ2) is 4.91. The van der Waals surface area contributed by atoms with Gasteiger partial charge in [0.2, 0.25) is 0 Å². The Hall–Kier alpha value is -0.850. The van der Waals surface area contributed by atoms with Crippen LogP contribution in [0.2, 0.25) is 0 Å². The largest absolute Gasteiger partial charge is 0.300 e. The van der Waals surface area contributed by atoms with Crippen molar-refractivity contribution >= 4 is 11.3 Å². The normalized spacial score (nSPS) is 10.1. The van der Waals surface area contributed by atoms with Crippen LogP contribution >= 0.6 is 11.3 Å². The minimum absolute atomic E-state index is 0.806. The molecule has 0 saturated carbocycles. The predicted octanol–water partition coefficient (Wildman–Crippen LogP) is 1.60. The van der Waals surface area contributed by atoms with Gasteiger partial charge >= 0.3 is 0 Å². The zero-order chi connectivity index (χ0) is 8.81. The van der Waals surface area contributed by atoms with Crippen LogP contribution in [0.15, 0.2) is 10.9 Å². The smallest absolute Gasteiger partial charge is 0.0795 e. The van der Waals surface area contributed by atoms with Gasteiger partial charge in [-0.2, -0.15) is 0 Å². The summed E-state index contributed by atoms with van der Waals surface area (Å²) < 4.78 is 0. The van der Waals surface area contributed by atoms with Gasteiger partial charge in [-0.1, -0.05) is 0 Å². The summed E-state index contributed by atoms with van der Waals surface area (Å²) in [5.41, 5.74) is 2.98. The van der Waals surface area contributed by atoms with Crippen molar-refractivity contribution in [1.29, 1.82) is 0 Å². The average molecular weight is 180 g/mol. The molecule has 0 unspecified atom stereocenters. The molecule has 0 fully saturated rings. The van der Waals surface area contributed by atoms with Crippen molar-refractivity contribution in [2.45, 2.75) is 13.0 Å². The van der Waals surface area contributed by atoms with Gasteiger partial charge in [0.15, 0.2) is 0 Å². The molecule has 3 heteroatoms. The highest BCUT2D eigenvalue weighted by Gasteiger charge is 1.99. The van der Waals surface area contributed by atoms with Gasteiger partial charge in [-0.15, -0.1) is 23.7 Å². The van der Waals surface area contributed by atoms with Crippen molar-refractivity contribution in [2.75, 3.05) is 13.6 Å². The molecule has 0 radical (unpaired) electrons. The van der Waals surface area contributed by atoms with Crippen LogP contribution in [-0.4, -0.2) is 23.5 Å². The zero-order valence-corrected chi connectivity index (χ0v) is 7.97. The van der Waals surface area contributed by atoms with Crippen LogP contribution in [0, 0.1) is 12.3 Å². The summed E-state index contributed by atoms with van der Waals surface area (Å²) in [7, 11) is 2.05. The molecule has 0 aliphatic rings. The Morgan fingerprint density at radius 1 is 1.75 bits per heavy atom. The van der Waals surface area contributed by atoms with E-state index in [1.165, 1.54) is 0 Å². The number of hydrogen-bond donors (Lipinski definition) is 0. The lowest BCUT2D eigenvalue weighted by molar-refractivity contribution is 0.332. The molecule has 0 aliphatic carbocycles. The van der Waals surface area contributed by atoms with E-state index in [9.17, 15) is 0 Å². The minimum atomic E-state index is 0.806. The van der Waals surface area contributed by atoms with Gasteiger partial charge in [0.1, 0.15) is 0 Å². The maximum atomic E-state index is 5.16. The van der Waals surface area contributed by atoms with Gasteiger partial charge in [-0.05, 0) is 7.05 Å². The fraction of sp³-hybridized carbons (Fsp3) is 0.444. The molecule has 0 amide bonds. The van der Waals surface area contributed by atoms with E-state index in [-0.39, 0.29) is 0 Å². The van der Waals surface area contributed by atoms with Crippen molar-refractivity contribution < 1.29 is 0 Å². The van der Waals surface area contributed by atoms with Gasteiger partial charge in [0, 0.05) is 24.9 Å². The van der Waals surface area contributed by atoms with Crippen molar-refractivity contribution in [1.82, 2.24) is 9.88 Å². The van der Waals surface area contributed by atoms with E-state index in [0.717, 1.165) is 25.2 Å². The van der Waals surface area contributed by atoms with E-state index in [2.05, 4.69) is 28.2 Å². The quantitative estimate of drug-likeness (QED) is 0.654. The molecule has 0 bridgehead atoms. The van der Waals surface area contributed by atoms with Crippen molar-refractivity contribution in [2.24, 2.45) is 0 Å². The zero-order valence-electron chi connectivity index (χ0n) is 7.16. The standard InChI is InChI=1S/C9H12N2S/c1-3-4-5-11(2)6-9-7-12-8-10-9/h1,7-8H,4-6H2,2H3. The molecule has 0 aromatic carbocycles. The molecular formula is C9H12N2S. The lowest BCUT2D eigenvalue weighted by Crippen LogP contribution is -2.18. The SMILES string of the molecule is C#CCCN(C)Cc1cscn1. The van der Waals surface area contributed by atoms with E-state index >= 15 is 0 Å². The summed E-state index contributed by atoms with van der Waals surface area (Å²) >= 11 is 1.63. The van der Waals surface area contributed by atoms with E-state index in [1.807, 2.05) is 5.51 Å². The molecule has 0 saturated heterocycles. The fourth-order valence-corrected chi connectivity index (χ4v) is 1.48. The van der Waals surface area contributed by atoms with E-state index in [0.29, 0.717) is 0 Å². The molecular weight excluding hydrogens is 168 g/mol. The number of nitrogens with zero attached hydrogens (tertiary/aromatic N) is 2. The summed E-state index contributed by atoms with van der Waals surface area (Å²) in [6.45, 7) is 1.83. The second-order valence-corrected chi connectivity index (χ2v) is 3.39.